The number of hydrogen-bond acceptors (Lipinski definition) is 7. The van der Waals surface area contributed by atoms with E-state index in [-0.39, 0.29) is 13.2 Å². The van der Waals surface area contributed by atoms with Crippen LogP contribution in [-0.2, 0) is 14.2 Å². The summed E-state index contributed by atoms with van der Waals surface area (Å²) in [7, 11) is 0. The van der Waals surface area contributed by atoms with Crippen molar-refractivity contribution < 1.29 is 24.4 Å². The maximum atomic E-state index is 10.0. The second kappa shape index (κ2) is 14.8. The zero-order valence-electron chi connectivity index (χ0n) is 16.7. The lowest BCUT2D eigenvalue weighted by Crippen LogP contribution is -2.25. The standard InChI is InChI=1S/C22H30O5S2/c1-18(27-15-20(24)17-29-22-10-6-3-7-11-22)26-13-12-25-14-19(23)16-28-21-8-4-2-5-9-21/h2-11,18-20,23-24H,12-17H2,1H3. The van der Waals surface area contributed by atoms with Gasteiger partial charge in [0.25, 0.3) is 0 Å². The van der Waals surface area contributed by atoms with Crippen LogP contribution < -0.4 is 0 Å². The molecule has 0 amide bonds. The number of ether oxygens (including phenoxy) is 3. The van der Waals surface area contributed by atoms with Crippen LogP contribution in [0, 0.1) is 0 Å². The summed E-state index contributed by atoms with van der Waals surface area (Å²) in [6, 6.07) is 19.9. The van der Waals surface area contributed by atoms with Gasteiger partial charge < -0.3 is 24.4 Å². The number of thioether (sulfide) groups is 2. The zero-order valence-corrected chi connectivity index (χ0v) is 18.3. The minimum absolute atomic E-state index is 0.220. The smallest absolute Gasteiger partial charge is 0.155 e. The topological polar surface area (TPSA) is 68.2 Å². The fraction of sp³-hybridized carbons (Fsp3) is 0.455. The van der Waals surface area contributed by atoms with Crippen LogP contribution >= 0.6 is 23.5 Å². The second-order valence-electron chi connectivity index (χ2n) is 6.40. The van der Waals surface area contributed by atoms with E-state index in [9.17, 15) is 10.2 Å². The Hall–Kier alpha value is -1.06. The van der Waals surface area contributed by atoms with E-state index in [1.807, 2.05) is 60.7 Å². The molecule has 7 heteroatoms. The molecule has 0 saturated carbocycles. The minimum Gasteiger partial charge on any atom is -0.390 e. The number of benzene rings is 2. The van der Waals surface area contributed by atoms with E-state index >= 15 is 0 Å². The highest BCUT2D eigenvalue weighted by molar-refractivity contribution is 7.99. The van der Waals surface area contributed by atoms with Gasteiger partial charge in [-0.05, 0) is 31.2 Å². The van der Waals surface area contributed by atoms with E-state index in [0.717, 1.165) is 9.79 Å². The van der Waals surface area contributed by atoms with Crippen LogP contribution in [0.15, 0.2) is 70.5 Å². The molecule has 2 rings (SSSR count). The third-order valence-electron chi connectivity index (χ3n) is 3.78. The molecule has 5 nitrogen and oxygen atoms in total. The quantitative estimate of drug-likeness (QED) is 0.250. The van der Waals surface area contributed by atoms with Crippen LogP contribution in [0.4, 0.5) is 0 Å². The molecule has 0 spiro atoms. The normalized spacial score (nSPS) is 14.4. The molecule has 0 aromatic heterocycles. The Kier molecular flexibility index (Phi) is 12.4. The van der Waals surface area contributed by atoms with Gasteiger partial charge >= 0.3 is 0 Å². The van der Waals surface area contributed by atoms with Crippen molar-refractivity contribution in [2.45, 2.75) is 35.2 Å². The minimum atomic E-state index is -0.556. The Morgan fingerprint density at radius 1 is 0.724 bits per heavy atom. The SMILES string of the molecule is CC(OCCOCC(O)CSc1ccccc1)OCC(O)CSc1ccccc1. The van der Waals surface area contributed by atoms with Crippen molar-refractivity contribution in [3.63, 3.8) is 0 Å². The van der Waals surface area contributed by atoms with E-state index < -0.39 is 18.5 Å². The fourth-order valence-corrected chi connectivity index (χ4v) is 3.96. The van der Waals surface area contributed by atoms with Gasteiger partial charge in [-0.3, -0.25) is 0 Å². The molecule has 160 valence electrons. The van der Waals surface area contributed by atoms with Gasteiger partial charge in [-0.25, -0.2) is 0 Å². The molecule has 2 N–H and O–H groups in total. The maximum absolute atomic E-state index is 10.0. The van der Waals surface area contributed by atoms with Crippen LogP contribution in [0.5, 0.6) is 0 Å². The summed E-state index contributed by atoms with van der Waals surface area (Å²) >= 11 is 3.20. The lowest BCUT2D eigenvalue weighted by atomic mass is 10.4. The molecule has 3 atom stereocenters. The number of rotatable bonds is 15. The molecule has 0 aliphatic rings. The van der Waals surface area contributed by atoms with E-state index in [4.69, 9.17) is 14.2 Å². The van der Waals surface area contributed by atoms with Crippen LogP contribution in [0.2, 0.25) is 0 Å². The van der Waals surface area contributed by atoms with Gasteiger partial charge in [0.05, 0.1) is 38.6 Å². The van der Waals surface area contributed by atoms with Crippen molar-refractivity contribution in [3.05, 3.63) is 60.7 Å². The van der Waals surface area contributed by atoms with Crippen molar-refractivity contribution in [2.24, 2.45) is 0 Å². The number of hydrogen-bond donors (Lipinski definition) is 2. The Balaban J connectivity index is 1.44. The molecule has 0 bridgehead atoms. The molecule has 3 unspecified atom stereocenters. The third kappa shape index (κ3) is 11.6. The number of aliphatic hydroxyl groups is 2. The predicted molar refractivity (Wildman–Crippen MR) is 119 cm³/mol. The number of aliphatic hydroxyl groups excluding tert-OH is 2. The van der Waals surface area contributed by atoms with E-state index in [1.54, 1.807) is 30.4 Å². The monoisotopic (exact) mass is 438 g/mol. The highest BCUT2D eigenvalue weighted by Crippen LogP contribution is 2.18. The van der Waals surface area contributed by atoms with Crippen molar-refractivity contribution in [3.8, 4) is 0 Å². The molecule has 0 heterocycles. The van der Waals surface area contributed by atoms with E-state index in [2.05, 4.69) is 0 Å². The van der Waals surface area contributed by atoms with Crippen molar-refractivity contribution in [1.82, 2.24) is 0 Å². The highest BCUT2D eigenvalue weighted by atomic mass is 32.2. The Morgan fingerprint density at radius 3 is 1.79 bits per heavy atom. The Labute approximate surface area is 181 Å². The summed E-state index contributed by atoms with van der Waals surface area (Å²) in [5.41, 5.74) is 0. The van der Waals surface area contributed by atoms with Gasteiger partial charge in [0.2, 0.25) is 0 Å². The zero-order chi connectivity index (χ0) is 20.7. The maximum Gasteiger partial charge on any atom is 0.155 e. The van der Waals surface area contributed by atoms with E-state index in [0.29, 0.717) is 24.7 Å². The average molecular weight is 439 g/mol. The van der Waals surface area contributed by atoms with Gasteiger partial charge in [-0.2, -0.15) is 0 Å². The van der Waals surface area contributed by atoms with Gasteiger partial charge in [-0.15, -0.1) is 23.5 Å². The summed E-state index contributed by atoms with van der Waals surface area (Å²) in [5.74, 6) is 1.15. The van der Waals surface area contributed by atoms with Gasteiger partial charge in [0.1, 0.15) is 0 Å². The average Bonchev–Trinajstić information content (AvgIpc) is 2.76. The van der Waals surface area contributed by atoms with Gasteiger partial charge in [0, 0.05) is 21.3 Å². The lowest BCUT2D eigenvalue weighted by molar-refractivity contribution is -0.152. The molecule has 0 aliphatic heterocycles. The summed E-state index contributed by atoms with van der Waals surface area (Å²) in [6.45, 7) is 3.04. The third-order valence-corrected chi connectivity index (χ3v) is 6.10. The van der Waals surface area contributed by atoms with Gasteiger partial charge in [-0.1, -0.05) is 36.4 Å². The molecule has 2 aromatic carbocycles. The largest absolute Gasteiger partial charge is 0.390 e. The fourth-order valence-electron chi connectivity index (χ4n) is 2.30. The summed E-state index contributed by atoms with van der Waals surface area (Å²) in [5, 5.41) is 20.0. The molecular weight excluding hydrogens is 408 g/mol. The molecule has 0 saturated heterocycles. The lowest BCUT2D eigenvalue weighted by Gasteiger charge is -2.17. The van der Waals surface area contributed by atoms with Crippen LogP contribution in [0.3, 0.4) is 0 Å². The molecular formula is C22H30O5S2. The van der Waals surface area contributed by atoms with Crippen molar-refractivity contribution in [1.29, 1.82) is 0 Å². The predicted octanol–water partition coefficient (Wildman–Crippen LogP) is 3.69. The molecule has 0 fully saturated rings. The van der Waals surface area contributed by atoms with Crippen LogP contribution in [-0.4, -0.2) is 66.6 Å². The molecule has 29 heavy (non-hydrogen) atoms. The molecule has 0 aliphatic carbocycles. The Bertz CT molecular complexity index is 644. The summed E-state index contributed by atoms with van der Waals surface area (Å²) < 4.78 is 16.5. The first kappa shape index (κ1) is 24.2. The first-order valence-corrected chi connectivity index (χ1v) is 11.6. The summed E-state index contributed by atoms with van der Waals surface area (Å²) in [4.78, 5) is 2.25. The van der Waals surface area contributed by atoms with Crippen LogP contribution in [0.1, 0.15) is 6.92 Å². The van der Waals surface area contributed by atoms with Crippen molar-refractivity contribution in [2.75, 3.05) is 37.9 Å². The first-order valence-electron chi connectivity index (χ1n) is 9.66. The molecule has 2 aromatic rings. The van der Waals surface area contributed by atoms with Gasteiger partial charge in [0.15, 0.2) is 6.29 Å². The Morgan fingerprint density at radius 2 is 1.24 bits per heavy atom. The van der Waals surface area contributed by atoms with Crippen molar-refractivity contribution >= 4 is 23.5 Å². The summed E-state index contributed by atoms with van der Waals surface area (Å²) in [6.07, 6.45) is -1.50. The van der Waals surface area contributed by atoms with Crippen LogP contribution in [0.25, 0.3) is 0 Å². The first-order chi connectivity index (χ1) is 14.1. The second-order valence-corrected chi connectivity index (χ2v) is 8.59. The van der Waals surface area contributed by atoms with E-state index in [1.165, 1.54) is 0 Å². The highest BCUT2D eigenvalue weighted by Gasteiger charge is 2.10. The molecule has 0 radical (unpaired) electrons.